The summed E-state index contributed by atoms with van der Waals surface area (Å²) in [5.74, 6) is 5.90. The van der Waals surface area contributed by atoms with E-state index in [4.69, 9.17) is 4.74 Å². The second-order valence-electron chi connectivity index (χ2n) is 5.85. The van der Waals surface area contributed by atoms with E-state index in [9.17, 15) is 9.90 Å². The van der Waals surface area contributed by atoms with Crippen LogP contribution in [0.3, 0.4) is 0 Å². The summed E-state index contributed by atoms with van der Waals surface area (Å²) >= 11 is 0. The highest BCUT2D eigenvalue weighted by molar-refractivity contribution is 5.92. The molecule has 0 aliphatic heterocycles. The van der Waals surface area contributed by atoms with Gasteiger partial charge in [-0.05, 0) is 36.8 Å². The predicted octanol–water partition coefficient (Wildman–Crippen LogP) is 3.01. The molecule has 0 spiro atoms. The molecule has 0 bridgehead atoms. The van der Waals surface area contributed by atoms with Gasteiger partial charge in [0.05, 0.1) is 12.7 Å². The van der Waals surface area contributed by atoms with Gasteiger partial charge in [-0.2, -0.15) is 0 Å². The van der Waals surface area contributed by atoms with Gasteiger partial charge in [-0.3, -0.25) is 0 Å². The van der Waals surface area contributed by atoms with Crippen molar-refractivity contribution in [3.63, 3.8) is 0 Å². The summed E-state index contributed by atoms with van der Waals surface area (Å²) < 4.78 is 4.77. The molecule has 2 rings (SSSR count). The molecule has 0 aromatic heterocycles. The lowest BCUT2D eigenvalue weighted by atomic mass is 9.70. The van der Waals surface area contributed by atoms with Crippen molar-refractivity contribution < 1.29 is 14.6 Å². The molecule has 2 atom stereocenters. The van der Waals surface area contributed by atoms with Crippen LogP contribution in [0.4, 0.5) is 0 Å². The number of esters is 1. The Morgan fingerprint density at radius 1 is 1.29 bits per heavy atom. The van der Waals surface area contributed by atoms with Crippen LogP contribution in [0.2, 0.25) is 0 Å². The van der Waals surface area contributed by atoms with E-state index in [1.807, 2.05) is 19.9 Å². The van der Waals surface area contributed by atoms with Gasteiger partial charge in [-0.25, -0.2) is 4.79 Å². The minimum absolute atomic E-state index is 0.138. The second-order valence-corrected chi connectivity index (χ2v) is 5.85. The summed E-state index contributed by atoms with van der Waals surface area (Å²) in [5.41, 5.74) is 0.0524. The van der Waals surface area contributed by atoms with Crippen LogP contribution in [0.15, 0.2) is 24.3 Å². The number of aliphatic hydroxyl groups is 1. The molecule has 0 radical (unpaired) electrons. The zero-order chi connectivity index (χ0) is 15.5. The SMILES string of the molecule is COC(=O)c1ccccc1C#CC1(O)C(C)CCCC1C. The minimum atomic E-state index is -0.985. The van der Waals surface area contributed by atoms with E-state index in [-0.39, 0.29) is 11.8 Å². The van der Waals surface area contributed by atoms with E-state index >= 15 is 0 Å². The molecule has 3 heteroatoms. The molecule has 0 amide bonds. The lowest BCUT2D eigenvalue weighted by molar-refractivity contribution is -0.0314. The first kappa shape index (κ1) is 15.6. The van der Waals surface area contributed by atoms with E-state index in [1.54, 1.807) is 18.2 Å². The minimum Gasteiger partial charge on any atom is -0.465 e. The molecule has 1 N–H and O–H groups in total. The fourth-order valence-electron chi connectivity index (χ4n) is 2.95. The van der Waals surface area contributed by atoms with Crippen molar-refractivity contribution in [1.82, 2.24) is 0 Å². The summed E-state index contributed by atoms with van der Waals surface area (Å²) in [7, 11) is 1.35. The molecule has 3 nitrogen and oxygen atoms in total. The Bertz CT molecular complexity index is 570. The number of hydrogen-bond donors (Lipinski definition) is 1. The standard InChI is InChI=1S/C18H22O3/c1-13-7-6-8-14(2)18(13,20)12-11-15-9-4-5-10-16(15)17(19)21-3/h4-5,9-10,13-14,20H,6-8H2,1-3H3. The molecular formula is C18H22O3. The third-order valence-corrected chi connectivity index (χ3v) is 4.51. The molecule has 1 aliphatic carbocycles. The van der Waals surface area contributed by atoms with Crippen molar-refractivity contribution >= 4 is 5.97 Å². The molecule has 1 aromatic rings. The molecule has 1 saturated carbocycles. The van der Waals surface area contributed by atoms with Crippen molar-refractivity contribution in [2.45, 2.75) is 38.7 Å². The summed E-state index contributed by atoms with van der Waals surface area (Å²) in [5, 5.41) is 10.9. The maximum absolute atomic E-state index is 11.7. The number of hydrogen-bond acceptors (Lipinski definition) is 3. The van der Waals surface area contributed by atoms with Crippen molar-refractivity contribution in [2.75, 3.05) is 7.11 Å². The maximum Gasteiger partial charge on any atom is 0.339 e. The lowest BCUT2D eigenvalue weighted by Crippen LogP contribution is -2.44. The molecule has 1 aliphatic rings. The number of methoxy groups -OCH3 is 1. The molecular weight excluding hydrogens is 264 g/mol. The number of carbonyl (C=O) groups excluding carboxylic acids is 1. The molecule has 112 valence electrons. The summed E-state index contributed by atoms with van der Waals surface area (Å²) in [4.78, 5) is 11.7. The number of rotatable bonds is 1. The number of ether oxygens (including phenoxy) is 1. The normalized spacial score (nSPS) is 28.4. The van der Waals surface area contributed by atoms with Gasteiger partial charge in [0.15, 0.2) is 0 Å². The quantitative estimate of drug-likeness (QED) is 0.637. The first-order valence-electron chi connectivity index (χ1n) is 7.42. The Labute approximate surface area is 126 Å². The van der Waals surface area contributed by atoms with Crippen LogP contribution in [-0.2, 0) is 4.74 Å². The van der Waals surface area contributed by atoms with Gasteiger partial charge < -0.3 is 9.84 Å². The fourth-order valence-corrected chi connectivity index (χ4v) is 2.95. The summed E-state index contributed by atoms with van der Waals surface area (Å²) in [6.07, 6.45) is 3.09. The van der Waals surface area contributed by atoms with Gasteiger partial charge in [-0.15, -0.1) is 0 Å². The number of benzene rings is 1. The highest BCUT2D eigenvalue weighted by Crippen LogP contribution is 2.37. The maximum atomic E-state index is 11.7. The molecule has 1 aromatic carbocycles. The average molecular weight is 286 g/mol. The molecule has 2 unspecified atom stereocenters. The Hall–Kier alpha value is -1.79. The predicted molar refractivity (Wildman–Crippen MR) is 81.8 cm³/mol. The third kappa shape index (κ3) is 3.11. The third-order valence-electron chi connectivity index (χ3n) is 4.51. The Morgan fingerprint density at radius 2 is 1.90 bits per heavy atom. The first-order chi connectivity index (χ1) is 9.99. The molecule has 0 saturated heterocycles. The Balaban J connectivity index is 2.36. The van der Waals surface area contributed by atoms with Crippen molar-refractivity contribution in [1.29, 1.82) is 0 Å². The fraction of sp³-hybridized carbons (Fsp3) is 0.500. The molecule has 0 heterocycles. The zero-order valence-corrected chi connectivity index (χ0v) is 12.8. The van der Waals surface area contributed by atoms with Gasteiger partial charge in [-0.1, -0.05) is 44.2 Å². The van der Waals surface area contributed by atoms with Gasteiger partial charge >= 0.3 is 5.97 Å². The van der Waals surface area contributed by atoms with Gasteiger partial charge in [0.2, 0.25) is 0 Å². The van der Waals surface area contributed by atoms with E-state index in [2.05, 4.69) is 11.8 Å². The lowest BCUT2D eigenvalue weighted by Gasteiger charge is -2.39. The molecule has 21 heavy (non-hydrogen) atoms. The van der Waals surface area contributed by atoms with Crippen LogP contribution >= 0.6 is 0 Å². The van der Waals surface area contributed by atoms with E-state index in [1.165, 1.54) is 7.11 Å². The van der Waals surface area contributed by atoms with Gasteiger partial charge in [0.25, 0.3) is 0 Å². The summed E-state index contributed by atoms with van der Waals surface area (Å²) in [6.45, 7) is 4.08. The van der Waals surface area contributed by atoms with Crippen LogP contribution in [-0.4, -0.2) is 23.8 Å². The topological polar surface area (TPSA) is 46.5 Å². The second kappa shape index (κ2) is 6.32. The first-order valence-corrected chi connectivity index (χ1v) is 7.42. The van der Waals surface area contributed by atoms with Crippen LogP contribution in [0, 0.1) is 23.7 Å². The van der Waals surface area contributed by atoms with Crippen molar-refractivity contribution in [2.24, 2.45) is 11.8 Å². The smallest absolute Gasteiger partial charge is 0.339 e. The Morgan fingerprint density at radius 3 is 2.52 bits per heavy atom. The highest BCUT2D eigenvalue weighted by atomic mass is 16.5. The van der Waals surface area contributed by atoms with Gasteiger partial charge in [0.1, 0.15) is 5.60 Å². The van der Waals surface area contributed by atoms with Crippen molar-refractivity contribution in [3.8, 4) is 11.8 Å². The van der Waals surface area contributed by atoms with E-state index in [0.29, 0.717) is 11.1 Å². The van der Waals surface area contributed by atoms with Crippen LogP contribution in [0.1, 0.15) is 49.0 Å². The molecule has 1 fully saturated rings. The monoisotopic (exact) mass is 286 g/mol. The number of carbonyl (C=O) groups is 1. The largest absolute Gasteiger partial charge is 0.465 e. The highest BCUT2D eigenvalue weighted by Gasteiger charge is 2.40. The van der Waals surface area contributed by atoms with E-state index < -0.39 is 11.6 Å². The van der Waals surface area contributed by atoms with Crippen molar-refractivity contribution in [3.05, 3.63) is 35.4 Å². The van der Waals surface area contributed by atoms with Crippen LogP contribution in [0.25, 0.3) is 0 Å². The summed E-state index contributed by atoms with van der Waals surface area (Å²) in [6, 6.07) is 7.07. The Kier molecular flexibility index (Phi) is 4.69. The van der Waals surface area contributed by atoms with E-state index in [0.717, 1.165) is 19.3 Å². The van der Waals surface area contributed by atoms with Gasteiger partial charge in [0, 0.05) is 5.56 Å². The van der Waals surface area contributed by atoms with Crippen LogP contribution < -0.4 is 0 Å². The van der Waals surface area contributed by atoms with Crippen LogP contribution in [0.5, 0.6) is 0 Å². The average Bonchev–Trinajstić information content (AvgIpc) is 2.50. The zero-order valence-electron chi connectivity index (χ0n) is 12.8.